The number of hydrogen-bond acceptors (Lipinski definition) is 5. The van der Waals surface area contributed by atoms with Crippen LogP contribution in [0, 0.1) is 0 Å². The van der Waals surface area contributed by atoms with Crippen molar-refractivity contribution in [2.75, 3.05) is 21.2 Å². The Morgan fingerprint density at radius 2 is 1.71 bits per heavy atom. The summed E-state index contributed by atoms with van der Waals surface area (Å²) in [5.41, 5.74) is 2.11. The van der Waals surface area contributed by atoms with Crippen molar-refractivity contribution in [3.8, 4) is 5.75 Å². The second-order valence-electron chi connectivity index (χ2n) is 6.97. The summed E-state index contributed by atoms with van der Waals surface area (Å²) in [6.07, 6.45) is 0.476. The zero-order chi connectivity index (χ0) is 19.9. The van der Waals surface area contributed by atoms with Crippen LogP contribution in [0.25, 0.3) is 0 Å². The number of fused-ring (bicyclic) bond motifs is 4. The van der Waals surface area contributed by atoms with Crippen molar-refractivity contribution in [1.29, 1.82) is 0 Å². The SMILES string of the molecule is COc1ccc(C2SC3C(=O)N(C)[C@@](Cc4ccccc4)(S2)C(=O)N3C)cc1. The number of piperazine rings is 1. The quantitative estimate of drug-likeness (QED) is 0.768. The second kappa shape index (κ2) is 7.37. The third kappa shape index (κ3) is 3.06. The topological polar surface area (TPSA) is 49.9 Å². The van der Waals surface area contributed by atoms with E-state index in [-0.39, 0.29) is 16.4 Å². The van der Waals surface area contributed by atoms with Crippen LogP contribution in [0.1, 0.15) is 15.7 Å². The molecule has 3 aliphatic rings. The molecule has 7 heteroatoms. The maximum absolute atomic E-state index is 13.4. The molecule has 5 rings (SSSR count). The molecule has 28 heavy (non-hydrogen) atoms. The minimum atomic E-state index is -0.961. The van der Waals surface area contributed by atoms with Crippen molar-refractivity contribution in [1.82, 2.24) is 9.80 Å². The van der Waals surface area contributed by atoms with Gasteiger partial charge in [0.1, 0.15) is 5.75 Å². The highest BCUT2D eigenvalue weighted by atomic mass is 32.2. The van der Waals surface area contributed by atoms with E-state index in [0.717, 1.165) is 16.9 Å². The minimum Gasteiger partial charge on any atom is -0.497 e. The van der Waals surface area contributed by atoms with E-state index in [1.54, 1.807) is 42.8 Å². The Labute approximate surface area is 173 Å². The van der Waals surface area contributed by atoms with Crippen molar-refractivity contribution in [2.24, 2.45) is 0 Å². The zero-order valence-corrected chi connectivity index (χ0v) is 17.6. The molecule has 3 atom stereocenters. The molecule has 2 aromatic rings. The van der Waals surface area contributed by atoms with Gasteiger partial charge < -0.3 is 14.5 Å². The monoisotopic (exact) mass is 414 g/mol. The third-order valence-electron chi connectivity index (χ3n) is 5.32. The van der Waals surface area contributed by atoms with Gasteiger partial charge in [-0.3, -0.25) is 9.59 Å². The molecular formula is C21H22N2O3S2. The highest BCUT2D eigenvalue weighted by Gasteiger charge is 2.59. The number of carbonyl (C=O) groups excluding carboxylic acids is 2. The molecule has 0 radical (unpaired) electrons. The Bertz CT molecular complexity index is 890. The number of rotatable bonds is 4. The van der Waals surface area contributed by atoms with E-state index in [4.69, 9.17) is 4.74 Å². The van der Waals surface area contributed by atoms with Gasteiger partial charge in [-0.1, -0.05) is 42.5 Å². The fourth-order valence-electron chi connectivity index (χ4n) is 3.65. The molecule has 3 saturated heterocycles. The molecule has 3 fully saturated rings. The number of ether oxygens (including phenoxy) is 1. The van der Waals surface area contributed by atoms with Crippen LogP contribution in [-0.4, -0.2) is 53.1 Å². The molecule has 0 N–H and O–H groups in total. The molecule has 3 heterocycles. The summed E-state index contributed by atoms with van der Waals surface area (Å²) in [6, 6.07) is 17.8. The Hall–Kier alpha value is -2.12. The van der Waals surface area contributed by atoms with Crippen molar-refractivity contribution >= 4 is 35.3 Å². The summed E-state index contributed by atoms with van der Waals surface area (Å²) in [4.78, 5) is 28.9. The highest BCUT2D eigenvalue weighted by molar-refractivity contribution is 8.18. The van der Waals surface area contributed by atoms with Gasteiger partial charge in [0.05, 0.1) is 11.7 Å². The van der Waals surface area contributed by atoms with Crippen molar-refractivity contribution in [3.63, 3.8) is 0 Å². The fourth-order valence-corrected chi connectivity index (χ4v) is 7.16. The molecule has 0 aromatic heterocycles. The number of hydrogen-bond donors (Lipinski definition) is 0. The Kier molecular flexibility index (Phi) is 5.05. The van der Waals surface area contributed by atoms with E-state index < -0.39 is 10.2 Å². The van der Waals surface area contributed by atoms with Gasteiger partial charge in [-0.2, -0.15) is 0 Å². The van der Waals surface area contributed by atoms with Crippen molar-refractivity contribution in [2.45, 2.75) is 21.2 Å². The van der Waals surface area contributed by atoms with Gasteiger partial charge in [-0.15, -0.1) is 23.5 Å². The molecule has 0 spiro atoms. The first-order chi connectivity index (χ1) is 13.5. The van der Waals surface area contributed by atoms with E-state index >= 15 is 0 Å². The first-order valence-electron chi connectivity index (χ1n) is 9.02. The number of methoxy groups -OCH3 is 1. The molecule has 146 valence electrons. The number of nitrogens with zero attached hydrogens (tertiary/aromatic N) is 2. The Balaban J connectivity index is 1.77. The minimum absolute atomic E-state index is 0.0167. The Morgan fingerprint density at radius 1 is 1.04 bits per heavy atom. The lowest BCUT2D eigenvalue weighted by atomic mass is 10.0. The van der Waals surface area contributed by atoms with Gasteiger partial charge >= 0.3 is 0 Å². The van der Waals surface area contributed by atoms with Crippen molar-refractivity contribution in [3.05, 3.63) is 65.7 Å². The number of thioether (sulfide) groups is 2. The predicted octanol–water partition coefficient (Wildman–Crippen LogP) is 3.37. The van der Waals surface area contributed by atoms with Crippen LogP contribution in [0.4, 0.5) is 0 Å². The summed E-state index contributed by atoms with van der Waals surface area (Å²) in [5, 5.41) is -0.511. The lowest BCUT2D eigenvalue weighted by molar-refractivity contribution is -0.156. The number of amides is 2. The number of benzene rings is 2. The van der Waals surface area contributed by atoms with Gasteiger partial charge in [0.15, 0.2) is 10.2 Å². The lowest BCUT2D eigenvalue weighted by Gasteiger charge is -2.46. The number of likely N-dealkylation sites (N-methyl/N-ethyl adjacent to an activating group) is 2. The summed E-state index contributed by atoms with van der Waals surface area (Å²) in [5.74, 6) is 0.749. The standard InChI is InChI=1S/C21H22N2O3S2/c1-22-18-17(24)23(2)21(20(22)25,13-14-7-5-4-6-8-14)28-19(27-18)15-9-11-16(26-3)12-10-15/h4-12,18-19H,13H2,1-3H3/t18?,19?,21-/m0/s1. The molecule has 2 aromatic carbocycles. The highest BCUT2D eigenvalue weighted by Crippen LogP contribution is 2.57. The first kappa shape index (κ1) is 19.2. The first-order valence-corrected chi connectivity index (χ1v) is 10.8. The largest absolute Gasteiger partial charge is 0.497 e. The van der Waals surface area contributed by atoms with Crippen molar-refractivity contribution < 1.29 is 14.3 Å². The van der Waals surface area contributed by atoms with Crippen LogP contribution < -0.4 is 4.74 Å². The van der Waals surface area contributed by atoms with Gasteiger partial charge in [-0.05, 0) is 23.3 Å². The normalized spacial score (nSPS) is 27.1. The van der Waals surface area contributed by atoms with E-state index in [0.29, 0.717) is 6.42 Å². The lowest BCUT2D eigenvalue weighted by Crippen LogP contribution is -2.67. The molecule has 3 aliphatic heterocycles. The smallest absolute Gasteiger partial charge is 0.260 e. The molecular weight excluding hydrogens is 392 g/mol. The summed E-state index contributed by atoms with van der Waals surface area (Å²) in [7, 11) is 5.13. The van der Waals surface area contributed by atoms with Gasteiger partial charge in [0.2, 0.25) is 0 Å². The molecule has 0 aliphatic carbocycles. The molecule has 0 saturated carbocycles. The fraction of sp³-hybridized carbons (Fsp3) is 0.333. The maximum Gasteiger partial charge on any atom is 0.260 e. The van der Waals surface area contributed by atoms with E-state index in [2.05, 4.69) is 0 Å². The van der Waals surface area contributed by atoms with E-state index in [1.807, 2.05) is 54.6 Å². The molecule has 2 bridgehead atoms. The average Bonchev–Trinajstić information content (AvgIpc) is 2.91. The van der Waals surface area contributed by atoms with Crippen LogP contribution >= 0.6 is 23.5 Å². The molecule has 2 unspecified atom stereocenters. The van der Waals surface area contributed by atoms with Crippen LogP contribution in [0.15, 0.2) is 54.6 Å². The maximum atomic E-state index is 13.4. The van der Waals surface area contributed by atoms with Gasteiger partial charge in [-0.25, -0.2) is 0 Å². The van der Waals surface area contributed by atoms with E-state index in [9.17, 15) is 9.59 Å². The summed E-state index contributed by atoms with van der Waals surface area (Å²) >= 11 is 3.09. The summed E-state index contributed by atoms with van der Waals surface area (Å²) in [6.45, 7) is 0. The third-order valence-corrected chi connectivity index (χ3v) is 8.70. The van der Waals surface area contributed by atoms with Gasteiger partial charge in [0.25, 0.3) is 11.8 Å². The van der Waals surface area contributed by atoms with Crippen LogP contribution in [0.5, 0.6) is 5.75 Å². The zero-order valence-electron chi connectivity index (χ0n) is 16.0. The predicted molar refractivity (Wildman–Crippen MR) is 113 cm³/mol. The Morgan fingerprint density at radius 3 is 2.36 bits per heavy atom. The van der Waals surface area contributed by atoms with E-state index in [1.165, 1.54) is 11.8 Å². The second-order valence-corrected chi connectivity index (χ2v) is 9.84. The molecule has 2 amide bonds. The van der Waals surface area contributed by atoms with Crippen LogP contribution in [-0.2, 0) is 16.0 Å². The molecule has 5 nitrogen and oxygen atoms in total. The van der Waals surface area contributed by atoms with Crippen LogP contribution in [0.3, 0.4) is 0 Å². The van der Waals surface area contributed by atoms with Crippen LogP contribution in [0.2, 0.25) is 0 Å². The van der Waals surface area contributed by atoms with Gasteiger partial charge in [0, 0.05) is 20.5 Å². The number of carbonyl (C=O) groups is 2. The summed E-state index contributed by atoms with van der Waals surface area (Å²) < 4.78 is 5.23. The average molecular weight is 415 g/mol.